The van der Waals surface area contributed by atoms with Crippen LogP contribution in [0.1, 0.15) is 24.8 Å². The molecule has 2 amide bonds. The van der Waals surface area contributed by atoms with Crippen molar-refractivity contribution in [1.82, 2.24) is 9.62 Å². The molecule has 1 aromatic carbocycles. The zero-order chi connectivity index (χ0) is 19.8. The summed E-state index contributed by atoms with van der Waals surface area (Å²) in [7, 11) is -4.04. The lowest BCUT2D eigenvalue weighted by molar-refractivity contribution is -0.131. The van der Waals surface area contributed by atoms with Crippen molar-refractivity contribution >= 4 is 27.5 Å². The molecule has 2 fully saturated rings. The van der Waals surface area contributed by atoms with Crippen LogP contribution in [0.4, 0.5) is 10.1 Å². The maximum absolute atomic E-state index is 13.3. The Morgan fingerprint density at radius 3 is 2.70 bits per heavy atom. The molecule has 2 saturated heterocycles. The Labute approximate surface area is 158 Å². The van der Waals surface area contributed by atoms with Crippen LogP contribution in [0.5, 0.6) is 0 Å². The van der Waals surface area contributed by atoms with Crippen molar-refractivity contribution in [2.75, 3.05) is 24.5 Å². The lowest BCUT2D eigenvalue weighted by atomic mass is 10.2. The Balaban J connectivity index is 1.80. The summed E-state index contributed by atoms with van der Waals surface area (Å²) >= 11 is 0. The van der Waals surface area contributed by atoms with Gasteiger partial charge in [-0.3, -0.25) is 9.59 Å². The highest BCUT2D eigenvalue weighted by Crippen LogP contribution is 2.29. The van der Waals surface area contributed by atoms with Gasteiger partial charge in [0.2, 0.25) is 21.8 Å². The molecule has 2 aliphatic heterocycles. The van der Waals surface area contributed by atoms with E-state index in [1.807, 2.05) is 0 Å². The molecule has 7 nitrogen and oxygen atoms in total. The first kappa shape index (κ1) is 19.8. The van der Waals surface area contributed by atoms with Gasteiger partial charge >= 0.3 is 0 Å². The maximum atomic E-state index is 13.3. The van der Waals surface area contributed by atoms with Gasteiger partial charge in [-0.25, -0.2) is 12.8 Å². The Morgan fingerprint density at radius 1 is 1.37 bits per heavy atom. The van der Waals surface area contributed by atoms with Gasteiger partial charge in [0.1, 0.15) is 12.2 Å². The number of carbonyl (C=O) groups is 2. The van der Waals surface area contributed by atoms with Crippen LogP contribution in [0.25, 0.3) is 0 Å². The van der Waals surface area contributed by atoms with E-state index in [9.17, 15) is 22.4 Å². The van der Waals surface area contributed by atoms with E-state index in [1.165, 1.54) is 11.0 Å². The number of sulfonamides is 1. The van der Waals surface area contributed by atoms with Gasteiger partial charge < -0.3 is 9.80 Å². The van der Waals surface area contributed by atoms with E-state index < -0.39 is 28.1 Å². The van der Waals surface area contributed by atoms with Gasteiger partial charge in [-0.15, -0.1) is 0 Å². The Kier molecular flexibility index (Phi) is 5.53. The van der Waals surface area contributed by atoms with E-state index >= 15 is 0 Å². The number of hydrogen-bond donors (Lipinski definition) is 1. The number of anilines is 1. The van der Waals surface area contributed by atoms with Crippen molar-refractivity contribution in [1.29, 1.82) is 0 Å². The highest BCUT2D eigenvalue weighted by Gasteiger charge is 2.32. The minimum absolute atomic E-state index is 0.00839. The molecule has 0 unspecified atom stereocenters. The monoisotopic (exact) mass is 396 g/mol. The zero-order valence-electron chi connectivity index (χ0n) is 15.2. The molecule has 27 heavy (non-hydrogen) atoms. The van der Waals surface area contributed by atoms with Gasteiger partial charge in [0, 0.05) is 25.2 Å². The summed E-state index contributed by atoms with van der Waals surface area (Å²) in [5, 5.41) is 0. The van der Waals surface area contributed by atoms with Crippen LogP contribution in [0.3, 0.4) is 0 Å². The van der Waals surface area contributed by atoms with Gasteiger partial charge in [-0.1, -0.05) is 6.07 Å². The Morgan fingerprint density at radius 2 is 2.11 bits per heavy atom. The fourth-order valence-electron chi connectivity index (χ4n) is 3.53. The number of amides is 2. The average Bonchev–Trinajstić information content (AvgIpc) is 3.22. The molecule has 0 bridgehead atoms. The van der Waals surface area contributed by atoms with Crippen LogP contribution < -0.4 is 9.62 Å². The Hall–Kier alpha value is -2.00. The number of hydrogen-bond acceptors (Lipinski definition) is 4. The summed E-state index contributed by atoms with van der Waals surface area (Å²) in [4.78, 5) is 27.2. The van der Waals surface area contributed by atoms with Crippen molar-refractivity contribution in [2.24, 2.45) is 0 Å². The quantitative estimate of drug-likeness (QED) is 0.810. The smallest absolute Gasteiger partial charge is 0.241 e. The maximum Gasteiger partial charge on any atom is 0.241 e. The van der Waals surface area contributed by atoms with Crippen LogP contribution in [-0.2, 0) is 19.6 Å². The first-order chi connectivity index (χ1) is 12.7. The number of nitrogens with one attached hydrogen (secondary N) is 1. The minimum Gasteiger partial charge on any atom is -0.338 e. The second-order valence-electron chi connectivity index (χ2n) is 6.89. The third-order valence-electron chi connectivity index (χ3n) is 4.95. The van der Waals surface area contributed by atoms with Crippen LogP contribution in [0.15, 0.2) is 23.1 Å². The second kappa shape index (κ2) is 7.55. The lowest BCUT2D eigenvalue weighted by Crippen LogP contribution is -2.46. The number of alkyl halides is 1. The van der Waals surface area contributed by atoms with E-state index in [0.717, 1.165) is 6.42 Å². The van der Waals surface area contributed by atoms with Crippen LogP contribution in [-0.4, -0.2) is 57.0 Å². The molecule has 1 N–H and O–H groups in total. The second-order valence-corrected chi connectivity index (χ2v) is 8.58. The molecule has 147 valence electrons. The molecular weight excluding hydrogens is 373 g/mol. The first-order valence-corrected chi connectivity index (χ1v) is 10.4. The summed E-state index contributed by atoms with van der Waals surface area (Å²) in [6.45, 7) is 5.97. The van der Waals surface area contributed by atoms with Crippen molar-refractivity contribution < 1.29 is 22.4 Å². The predicted molar refractivity (Wildman–Crippen MR) is 98.3 cm³/mol. The summed E-state index contributed by atoms with van der Waals surface area (Å²) < 4.78 is 41.2. The van der Waals surface area contributed by atoms with Crippen molar-refractivity contribution in [3.05, 3.63) is 30.7 Å². The molecule has 3 rings (SSSR count). The summed E-state index contributed by atoms with van der Waals surface area (Å²) in [6, 6.07) is 3.44. The highest BCUT2D eigenvalue weighted by atomic mass is 32.2. The number of rotatable bonds is 5. The van der Waals surface area contributed by atoms with Crippen LogP contribution >= 0.6 is 0 Å². The number of benzene rings is 1. The molecule has 1 aromatic rings. The van der Waals surface area contributed by atoms with Crippen molar-refractivity contribution in [3.8, 4) is 0 Å². The van der Waals surface area contributed by atoms with Gasteiger partial charge in [0.05, 0.1) is 11.4 Å². The molecule has 2 atom stereocenters. The van der Waals surface area contributed by atoms with Gasteiger partial charge in [-0.2, -0.15) is 4.72 Å². The minimum atomic E-state index is -4.04. The predicted octanol–water partition coefficient (Wildman–Crippen LogP) is 1.17. The largest absolute Gasteiger partial charge is 0.338 e. The number of nitrogens with zero attached hydrogens (tertiary/aromatic N) is 2. The molecule has 2 heterocycles. The molecular formula is C18H23FN3O4S. The highest BCUT2D eigenvalue weighted by molar-refractivity contribution is 7.89. The number of carbonyl (C=O) groups excluding carboxylic acids is 2. The third-order valence-corrected chi connectivity index (χ3v) is 6.56. The summed E-state index contributed by atoms with van der Waals surface area (Å²) in [5.74, 6) is -0.595. The van der Waals surface area contributed by atoms with Crippen molar-refractivity contribution in [3.63, 3.8) is 0 Å². The van der Waals surface area contributed by atoms with E-state index in [4.69, 9.17) is 0 Å². The zero-order valence-corrected chi connectivity index (χ0v) is 16.0. The fraction of sp³-hybridized carbons (Fsp3) is 0.500. The third kappa shape index (κ3) is 3.98. The van der Waals surface area contributed by atoms with Gasteiger partial charge in [0.25, 0.3) is 0 Å². The number of halogens is 1. The molecule has 0 spiro atoms. The normalized spacial score (nSPS) is 21.7. The van der Waals surface area contributed by atoms with Crippen LogP contribution in [0, 0.1) is 13.8 Å². The molecule has 1 radical (unpaired) electrons. The molecule has 0 saturated carbocycles. The van der Waals surface area contributed by atoms with Gasteiger partial charge in [0.15, 0.2) is 0 Å². The topological polar surface area (TPSA) is 86.8 Å². The van der Waals surface area contributed by atoms with E-state index in [2.05, 4.69) is 11.6 Å². The molecule has 9 heteroatoms. The standard InChI is InChI=1S/C18H23FN3O4S/c1-12-15(22-9-4-7-17(22)23)5-3-6-16(12)27(25,26)20-13(2)18(24)21-10-8-14(19)11-21/h3,5-6,13-14,20H,2,4,7-11H2,1H3/t13-,14-/m0/s1. The van der Waals surface area contributed by atoms with E-state index in [1.54, 1.807) is 24.0 Å². The lowest BCUT2D eigenvalue weighted by Gasteiger charge is -2.23. The summed E-state index contributed by atoms with van der Waals surface area (Å²) in [5.41, 5.74) is 0.983. The van der Waals surface area contributed by atoms with Gasteiger partial charge in [-0.05, 0) is 44.4 Å². The first-order valence-electron chi connectivity index (χ1n) is 8.89. The van der Waals surface area contributed by atoms with Crippen molar-refractivity contribution in [2.45, 2.75) is 43.3 Å². The SMILES string of the molecule is [CH2][C@H](NS(=O)(=O)c1cccc(N2CCCC2=O)c1C)C(=O)N1CC[C@H](F)C1. The van der Waals surface area contributed by atoms with E-state index in [-0.39, 0.29) is 30.3 Å². The average molecular weight is 396 g/mol. The molecule has 0 aliphatic carbocycles. The number of likely N-dealkylation sites (tertiary alicyclic amines) is 1. The fourth-order valence-corrected chi connectivity index (χ4v) is 4.90. The molecule has 2 aliphatic rings. The molecule has 0 aromatic heterocycles. The Bertz CT molecular complexity index is 858. The van der Waals surface area contributed by atoms with E-state index in [0.29, 0.717) is 24.2 Å². The van der Waals surface area contributed by atoms with Crippen LogP contribution in [0.2, 0.25) is 0 Å². The summed E-state index contributed by atoms with van der Waals surface area (Å²) in [6.07, 6.45) is 0.329.